The normalized spacial score (nSPS) is 12.8. The molecule has 2 atom stereocenters. The minimum atomic E-state index is -1.30. The van der Waals surface area contributed by atoms with Gasteiger partial charge in [-0.15, -0.1) is 0 Å². The van der Waals surface area contributed by atoms with Gasteiger partial charge in [0.25, 0.3) is 0 Å². The second-order valence-electron chi connectivity index (χ2n) is 6.82. The topological polar surface area (TPSA) is 98.9 Å². The highest BCUT2D eigenvalue weighted by Crippen LogP contribution is 2.34. The molecule has 6 heteroatoms. The van der Waals surface area contributed by atoms with E-state index >= 15 is 0 Å². The molecule has 2 unspecified atom stereocenters. The standard InChI is InChI=1S/C17H25NO5.C3H8/c1-9(2)12-7-6-8-13(10(3)4)15(12)23-17(21)22-11(5)14(18)16(19)20;1-3-2/h6-11,14H,18H2,1-5H3,(H,19,20);3H2,1-2H3. The molecule has 0 heterocycles. The Labute approximate surface area is 156 Å². The number of carbonyl (C=O) groups is 2. The summed E-state index contributed by atoms with van der Waals surface area (Å²) >= 11 is 0. The summed E-state index contributed by atoms with van der Waals surface area (Å²) in [6.45, 7) is 13.7. The molecule has 0 aliphatic heterocycles. The number of carbonyl (C=O) groups excluding carboxylic acids is 1. The maximum absolute atomic E-state index is 12.0. The van der Waals surface area contributed by atoms with Crippen LogP contribution in [0.25, 0.3) is 0 Å². The minimum absolute atomic E-state index is 0.162. The van der Waals surface area contributed by atoms with Gasteiger partial charge in [-0.1, -0.05) is 66.2 Å². The van der Waals surface area contributed by atoms with Crippen molar-refractivity contribution in [3.05, 3.63) is 29.3 Å². The van der Waals surface area contributed by atoms with E-state index < -0.39 is 24.3 Å². The smallest absolute Gasteiger partial charge is 0.480 e. The highest BCUT2D eigenvalue weighted by atomic mass is 16.7. The van der Waals surface area contributed by atoms with E-state index in [9.17, 15) is 9.59 Å². The van der Waals surface area contributed by atoms with Gasteiger partial charge in [0.15, 0.2) is 0 Å². The van der Waals surface area contributed by atoms with Gasteiger partial charge in [-0.2, -0.15) is 0 Å². The van der Waals surface area contributed by atoms with Gasteiger partial charge in [-0.25, -0.2) is 4.79 Å². The summed E-state index contributed by atoms with van der Waals surface area (Å²) in [6, 6.07) is 4.41. The van der Waals surface area contributed by atoms with Crippen LogP contribution in [0.5, 0.6) is 5.75 Å². The quantitative estimate of drug-likeness (QED) is 0.560. The molecule has 26 heavy (non-hydrogen) atoms. The number of rotatable bonds is 6. The summed E-state index contributed by atoms with van der Waals surface area (Å²) in [6.07, 6.45) is -0.696. The molecule has 148 valence electrons. The first kappa shape index (κ1) is 23.9. The Kier molecular flexibility index (Phi) is 10.6. The van der Waals surface area contributed by atoms with Crippen molar-refractivity contribution in [2.24, 2.45) is 5.73 Å². The molecular weight excluding hydrogens is 334 g/mol. The first-order valence-corrected chi connectivity index (χ1v) is 9.06. The van der Waals surface area contributed by atoms with Gasteiger partial charge >= 0.3 is 12.1 Å². The van der Waals surface area contributed by atoms with Crippen LogP contribution in [-0.2, 0) is 9.53 Å². The lowest BCUT2D eigenvalue weighted by atomic mass is 9.94. The van der Waals surface area contributed by atoms with Crippen LogP contribution >= 0.6 is 0 Å². The largest absolute Gasteiger partial charge is 0.514 e. The van der Waals surface area contributed by atoms with Crippen molar-refractivity contribution in [1.29, 1.82) is 0 Å². The number of hydrogen-bond acceptors (Lipinski definition) is 5. The number of nitrogens with two attached hydrogens (primary N) is 1. The predicted octanol–water partition coefficient (Wildman–Crippen LogP) is 4.67. The summed E-state index contributed by atoms with van der Waals surface area (Å²) < 4.78 is 10.4. The number of para-hydroxylation sites is 1. The summed E-state index contributed by atoms with van der Waals surface area (Å²) in [5, 5.41) is 8.83. The number of carboxylic acid groups (broad SMARTS) is 1. The Morgan fingerprint density at radius 3 is 1.81 bits per heavy atom. The lowest BCUT2D eigenvalue weighted by Gasteiger charge is -2.20. The summed E-state index contributed by atoms with van der Waals surface area (Å²) in [4.78, 5) is 22.8. The summed E-state index contributed by atoms with van der Waals surface area (Å²) in [5.41, 5.74) is 7.21. The second kappa shape index (κ2) is 11.5. The summed E-state index contributed by atoms with van der Waals surface area (Å²) in [5.74, 6) is -0.445. The fourth-order valence-electron chi connectivity index (χ4n) is 2.13. The number of ether oxygens (including phenoxy) is 2. The van der Waals surface area contributed by atoms with Gasteiger partial charge in [0.05, 0.1) is 0 Å². The predicted molar refractivity (Wildman–Crippen MR) is 103 cm³/mol. The number of benzene rings is 1. The average molecular weight is 367 g/mol. The minimum Gasteiger partial charge on any atom is -0.480 e. The van der Waals surface area contributed by atoms with Gasteiger partial charge < -0.3 is 20.3 Å². The SMILES string of the molecule is CC(C)c1cccc(C(C)C)c1OC(=O)OC(C)C(N)C(=O)O.CCC. The zero-order chi connectivity index (χ0) is 20.4. The Bertz CT molecular complexity index is 557. The van der Waals surface area contributed by atoms with Gasteiger partial charge in [0.2, 0.25) is 0 Å². The van der Waals surface area contributed by atoms with Crippen molar-refractivity contribution in [2.75, 3.05) is 0 Å². The van der Waals surface area contributed by atoms with E-state index in [1.807, 2.05) is 45.9 Å². The van der Waals surface area contributed by atoms with Gasteiger partial charge in [-0.05, 0) is 29.9 Å². The molecule has 6 nitrogen and oxygen atoms in total. The molecular formula is C20H33NO5. The zero-order valence-corrected chi connectivity index (χ0v) is 16.9. The number of hydrogen-bond donors (Lipinski definition) is 2. The Morgan fingerprint density at radius 1 is 1.04 bits per heavy atom. The van der Waals surface area contributed by atoms with Crippen molar-refractivity contribution in [1.82, 2.24) is 0 Å². The molecule has 0 amide bonds. The lowest BCUT2D eigenvalue weighted by Crippen LogP contribution is -2.43. The Balaban J connectivity index is 0.00000194. The van der Waals surface area contributed by atoms with E-state index in [4.69, 9.17) is 20.3 Å². The highest BCUT2D eigenvalue weighted by molar-refractivity contribution is 5.74. The molecule has 0 saturated carbocycles. The maximum Gasteiger partial charge on any atom is 0.514 e. The van der Waals surface area contributed by atoms with Crippen LogP contribution in [0.3, 0.4) is 0 Å². The molecule has 1 rings (SSSR count). The van der Waals surface area contributed by atoms with Gasteiger partial charge in [-0.3, -0.25) is 4.79 Å². The molecule has 3 N–H and O–H groups in total. The van der Waals surface area contributed by atoms with E-state index in [0.717, 1.165) is 11.1 Å². The first-order chi connectivity index (χ1) is 12.1. The molecule has 0 radical (unpaired) electrons. The molecule has 0 spiro atoms. The fraction of sp³-hybridized carbons (Fsp3) is 0.600. The monoisotopic (exact) mass is 367 g/mol. The second-order valence-corrected chi connectivity index (χ2v) is 6.82. The van der Waals surface area contributed by atoms with Gasteiger partial charge in [0.1, 0.15) is 17.9 Å². The van der Waals surface area contributed by atoms with Crippen LogP contribution in [0.15, 0.2) is 18.2 Å². The molecule has 1 aromatic carbocycles. The van der Waals surface area contributed by atoms with Crippen molar-refractivity contribution in [3.8, 4) is 5.75 Å². The molecule has 0 aromatic heterocycles. The lowest BCUT2D eigenvalue weighted by molar-refractivity contribution is -0.141. The molecule has 0 bridgehead atoms. The summed E-state index contributed by atoms with van der Waals surface area (Å²) in [7, 11) is 0. The van der Waals surface area contributed by atoms with Crippen LogP contribution in [0.4, 0.5) is 4.79 Å². The van der Waals surface area contributed by atoms with Crippen molar-refractivity contribution >= 4 is 12.1 Å². The zero-order valence-electron chi connectivity index (χ0n) is 16.9. The molecule has 0 aliphatic rings. The third kappa shape index (κ3) is 7.44. The van der Waals surface area contributed by atoms with Crippen LogP contribution < -0.4 is 10.5 Å². The molecule has 0 saturated heterocycles. The van der Waals surface area contributed by atoms with E-state index in [1.165, 1.54) is 13.3 Å². The fourth-order valence-corrected chi connectivity index (χ4v) is 2.13. The maximum atomic E-state index is 12.0. The average Bonchev–Trinajstić information content (AvgIpc) is 2.54. The van der Waals surface area contributed by atoms with Crippen molar-refractivity contribution < 1.29 is 24.2 Å². The highest BCUT2D eigenvalue weighted by Gasteiger charge is 2.26. The number of aliphatic carboxylic acids is 1. The van der Waals surface area contributed by atoms with E-state index in [2.05, 4.69) is 13.8 Å². The van der Waals surface area contributed by atoms with E-state index in [-0.39, 0.29) is 11.8 Å². The third-order valence-electron chi connectivity index (χ3n) is 3.58. The molecule has 1 aromatic rings. The van der Waals surface area contributed by atoms with Crippen LogP contribution in [-0.4, -0.2) is 29.4 Å². The number of carboxylic acids is 1. The van der Waals surface area contributed by atoms with Crippen LogP contribution in [0.2, 0.25) is 0 Å². The Morgan fingerprint density at radius 2 is 1.46 bits per heavy atom. The van der Waals surface area contributed by atoms with E-state index in [1.54, 1.807) is 0 Å². The first-order valence-electron chi connectivity index (χ1n) is 9.06. The van der Waals surface area contributed by atoms with Crippen molar-refractivity contribution in [2.45, 2.75) is 78.9 Å². The van der Waals surface area contributed by atoms with Gasteiger partial charge in [0, 0.05) is 0 Å². The molecule has 0 aliphatic carbocycles. The van der Waals surface area contributed by atoms with Crippen molar-refractivity contribution in [3.63, 3.8) is 0 Å². The third-order valence-corrected chi connectivity index (χ3v) is 3.58. The van der Waals surface area contributed by atoms with Crippen LogP contribution in [0, 0.1) is 0 Å². The molecule has 0 fully saturated rings. The Hall–Kier alpha value is -2.08. The van der Waals surface area contributed by atoms with E-state index in [0.29, 0.717) is 5.75 Å². The van der Waals surface area contributed by atoms with Crippen LogP contribution in [0.1, 0.15) is 77.8 Å².